The fraction of sp³-hybridized carbons (Fsp3) is 0.143. The zero-order valence-corrected chi connectivity index (χ0v) is 11.4. The molecule has 0 spiro atoms. The minimum absolute atomic E-state index is 0.0143. The molecule has 0 atom stereocenters. The minimum Gasteiger partial charge on any atom is -0.485 e. The number of nitrogens with zero attached hydrogens (tertiary/aromatic N) is 1. The molecule has 1 heterocycles. The summed E-state index contributed by atoms with van der Waals surface area (Å²) in [7, 11) is 1.52. The van der Waals surface area contributed by atoms with Crippen LogP contribution in [0.5, 0.6) is 11.6 Å². The van der Waals surface area contributed by atoms with E-state index in [9.17, 15) is 4.79 Å². The standard InChI is InChI=1S/C14H12ClNO4/c1-19-12-7-2-4-9(16-12)8-20-13-10(14(17)18)5-3-6-11(13)15/h2-7H,8H2,1H3,(H,17,18). The number of halogens is 1. The molecule has 104 valence electrons. The summed E-state index contributed by atoms with van der Waals surface area (Å²) >= 11 is 5.96. The van der Waals surface area contributed by atoms with Gasteiger partial charge in [-0.05, 0) is 18.2 Å². The normalized spacial score (nSPS) is 10.1. The largest absolute Gasteiger partial charge is 0.485 e. The first kappa shape index (κ1) is 14.1. The number of ether oxygens (including phenoxy) is 2. The molecule has 1 aromatic heterocycles. The Labute approximate surface area is 120 Å². The molecule has 6 heteroatoms. The molecule has 0 saturated heterocycles. The molecule has 0 bridgehead atoms. The van der Waals surface area contributed by atoms with Gasteiger partial charge < -0.3 is 14.6 Å². The van der Waals surface area contributed by atoms with E-state index in [1.54, 1.807) is 30.3 Å². The molecule has 5 nitrogen and oxygen atoms in total. The van der Waals surface area contributed by atoms with Crippen LogP contribution in [0.4, 0.5) is 0 Å². The van der Waals surface area contributed by atoms with Crippen molar-refractivity contribution >= 4 is 17.6 Å². The number of rotatable bonds is 5. The van der Waals surface area contributed by atoms with Gasteiger partial charge in [0.15, 0.2) is 5.75 Å². The second-order valence-corrected chi connectivity index (χ2v) is 4.29. The summed E-state index contributed by atoms with van der Waals surface area (Å²) in [5.41, 5.74) is 0.626. The fourth-order valence-corrected chi connectivity index (χ4v) is 1.85. The Kier molecular flexibility index (Phi) is 4.42. The number of para-hydroxylation sites is 1. The summed E-state index contributed by atoms with van der Waals surface area (Å²) < 4.78 is 10.5. The van der Waals surface area contributed by atoms with Gasteiger partial charge in [0.05, 0.1) is 17.8 Å². The van der Waals surface area contributed by atoms with Crippen molar-refractivity contribution in [3.05, 3.63) is 52.7 Å². The smallest absolute Gasteiger partial charge is 0.339 e. The summed E-state index contributed by atoms with van der Waals surface area (Å²) in [6, 6.07) is 9.80. The average molecular weight is 294 g/mol. The molecule has 0 aliphatic rings. The first-order chi connectivity index (χ1) is 9.61. The van der Waals surface area contributed by atoms with Crippen LogP contribution in [0.1, 0.15) is 16.1 Å². The highest BCUT2D eigenvalue weighted by molar-refractivity contribution is 6.32. The molecule has 2 rings (SSSR count). The Balaban J connectivity index is 2.20. The van der Waals surface area contributed by atoms with Gasteiger partial charge in [-0.25, -0.2) is 9.78 Å². The summed E-state index contributed by atoms with van der Waals surface area (Å²) in [4.78, 5) is 15.3. The Hall–Kier alpha value is -2.27. The van der Waals surface area contributed by atoms with Gasteiger partial charge in [0, 0.05) is 6.07 Å². The quantitative estimate of drug-likeness (QED) is 0.917. The summed E-state index contributed by atoms with van der Waals surface area (Å²) in [5.74, 6) is -0.504. The molecule has 0 aliphatic heterocycles. The second-order valence-electron chi connectivity index (χ2n) is 3.88. The number of carboxylic acids is 1. The number of carboxylic acid groups (broad SMARTS) is 1. The van der Waals surface area contributed by atoms with Crippen molar-refractivity contribution in [2.45, 2.75) is 6.61 Å². The molecule has 0 radical (unpaired) electrons. The Morgan fingerprint density at radius 2 is 2.05 bits per heavy atom. The van der Waals surface area contributed by atoms with Crippen LogP contribution < -0.4 is 9.47 Å². The first-order valence-electron chi connectivity index (χ1n) is 5.76. The number of aromatic nitrogens is 1. The Morgan fingerprint density at radius 3 is 2.75 bits per heavy atom. The van der Waals surface area contributed by atoms with Crippen molar-refractivity contribution in [1.82, 2.24) is 4.98 Å². The topological polar surface area (TPSA) is 68.7 Å². The van der Waals surface area contributed by atoms with Gasteiger partial charge in [-0.15, -0.1) is 0 Å². The number of hydrogen-bond acceptors (Lipinski definition) is 4. The van der Waals surface area contributed by atoms with E-state index in [1.807, 2.05) is 0 Å². The van der Waals surface area contributed by atoms with E-state index < -0.39 is 5.97 Å². The third-order valence-electron chi connectivity index (χ3n) is 2.55. The van der Waals surface area contributed by atoms with Gasteiger partial charge in [0.25, 0.3) is 0 Å². The molecule has 2 aromatic rings. The van der Waals surface area contributed by atoms with Crippen molar-refractivity contribution in [2.24, 2.45) is 0 Å². The van der Waals surface area contributed by atoms with E-state index in [0.29, 0.717) is 11.6 Å². The van der Waals surface area contributed by atoms with Crippen molar-refractivity contribution < 1.29 is 19.4 Å². The molecule has 1 N–H and O–H groups in total. The lowest BCUT2D eigenvalue weighted by atomic mass is 10.2. The van der Waals surface area contributed by atoms with Crippen LogP contribution in [-0.4, -0.2) is 23.2 Å². The number of aromatic carboxylic acids is 1. The third-order valence-corrected chi connectivity index (χ3v) is 2.85. The molecular weight excluding hydrogens is 282 g/mol. The molecular formula is C14H12ClNO4. The van der Waals surface area contributed by atoms with Crippen LogP contribution in [0, 0.1) is 0 Å². The van der Waals surface area contributed by atoms with E-state index in [2.05, 4.69) is 4.98 Å². The number of hydrogen-bond donors (Lipinski definition) is 1. The van der Waals surface area contributed by atoms with Gasteiger partial charge in [-0.3, -0.25) is 0 Å². The van der Waals surface area contributed by atoms with Crippen LogP contribution in [0.2, 0.25) is 5.02 Å². The van der Waals surface area contributed by atoms with E-state index in [1.165, 1.54) is 13.2 Å². The lowest BCUT2D eigenvalue weighted by Gasteiger charge is -2.10. The Morgan fingerprint density at radius 1 is 1.30 bits per heavy atom. The highest BCUT2D eigenvalue weighted by atomic mass is 35.5. The first-order valence-corrected chi connectivity index (χ1v) is 6.14. The minimum atomic E-state index is -1.10. The number of benzene rings is 1. The van der Waals surface area contributed by atoms with E-state index in [-0.39, 0.29) is 22.9 Å². The van der Waals surface area contributed by atoms with Crippen LogP contribution in [0.15, 0.2) is 36.4 Å². The monoisotopic (exact) mass is 293 g/mol. The van der Waals surface area contributed by atoms with Crippen molar-refractivity contribution in [2.75, 3.05) is 7.11 Å². The maximum atomic E-state index is 11.1. The molecule has 20 heavy (non-hydrogen) atoms. The molecule has 0 fully saturated rings. The molecule has 1 aromatic carbocycles. The third kappa shape index (κ3) is 3.19. The lowest BCUT2D eigenvalue weighted by Crippen LogP contribution is -2.05. The van der Waals surface area contributed by atoms with Crippen LogP contribution >= 0.6 is 11.6 Å². The maximum Gasteiger partial charge on any atom is 0.339 e. The van der Waals surface area contributed by atoms with E-state index >= 15 is 0 Å². The van der Waals surface area contributed by atoms with Gasteiger partial charge in [0.2, 0.25) is 5.88 Å². The number of methoxy groups -OCH3 is 1. The molecule has 0 unspecified atom stereocenters. The highest BCUT2D eigenvalue weighted by Gasteiger charge is 2.14. The Bertz CT molecular complexity index is 630. The van der Waals surface area contributed by atoms with Gasteiger partial charge in [0.1, 0.15) is 12.2 Å². The van der Waals surface area contributed by atoms with Crippen LogP contribution in [0.25, 0.3) is 0 Å². The van der Waals surface area contributed by atoms with Crippen molar-refractivity contribution in [3.8, 4) is 11.6 Å². The molecule has 0 aliphatic carbocycles. The van der Waals surface area contributed by atoms with Crippen LogP contribution in [0.3, 0.4) is 0 Å². The maximum absolute atomic E-state index is 11.1. The van der Waals surface area contributed by atoms with Crippen molar-refractivity contribution in [1.29, 1.82) is 0 Å². The van der Waals surface area contributed by atoms with Crippen molar-refractivity contribution in [3.63, 3.8) is 0 Å². The van der Waals surface area contributed by atoms with Gasteiger partial charge in [-0.1, -0.05) is 23.7 Å². The zero-order valence-electron chi connectivity index (χ0n) is 10.7. The number of pyridine rings is 1. The zero-order chi connectivity index (χ0) is 14.5. The fourth-order valence-electron chi connectivity index (χ4n) is 1.62. The predicted octanol–water partition coefficient (Wildman–Crippen LogP) is 3.02. The average Bonchev–Trinajstić information content (AvgIpc) is 2.45. The summed E-state index contributed by atoms with van der Waals surface area (Å²) in [6.45, 7) is 0.0984. The van der Waals surface area contributed by atoms with Gasteiger partial charge in [-0.2, -0.15) is 0 Å². The van der Waals surface area contributed by atoms with E-state index in [0.717, 1.165) is 0 Å². The van der Waals surface area contributed by atoms with Crippen LogP contribution in [-0.2, 0) is 6.61 Å². The predicted molar refractivity (Wildman–Crippen MR) is 73.5 cm³/mol. The van der Waals surface area contributed by atoms with E-state index in [4.69, 9.17) is 26.2 Å². The SMILES string of the molecule is COc1cccc(COc2c(Cl)cccc2C(=O)O)n1. The second kappa shape index (κ2) is 6.25. The number of carbonyl (C=O) groups is 1. The lowest BCUT2D eigenvalue weighted by molar-refractivity contribution is 0.0691. The molecule has 0 saturated carbocycles. The summed E-state index contributed by atoms with van der Waals surface area (Å²) in [5, 5.41) is 9.34. The highest BCUT2D eigenvalue weighted by Crippen LogP contribution is 2.29. The van der Waals surface area contributed by atoms with Gasteiger partial charge >= 0.3 is 5.97 Å². The molecule has 0 amide bonds. The summed E-state index contributed by atoms with van der Waals surface area (Å²) in [6.07, 6.45) is 0.